The lowest BCUT2D eigenvalue weighted by Gasteiger charge is -2.33. The van der Waals surface area contributed by atoms with Crippen molar-refractivity contribution in [2.75, 3.05) is 26.8 Å². The largest absolute Gasteiger partial charge is 0.468 e. The van der Waals surface area contributed by atoms with Crippen LogP contribution in [0, 0.1) is 0 Å². The maximum absolute atomic E-state index is 5.83. The SMILES string of the molecule is CCN(C(C)COC)C(CN)c1ccco1. The molecule has 1 aromatic rings. The first-order chi connectivity index (χ1) is 7.74. The van der Waals surface area contributed by atoms with Crippen molar-refractivity contribution >= 4 is 0 Å². The minimum Gasteiger partial charge on any atom is -0.468 e. The Morgan fingerprint density at radius 1 is 1.56 bits per heavy atom. The highest BCUT2D eigenvalue weighted by atomic mass is 16.5. The van der Waals surface area contributed by atoms with E-state index in [0.29, 0.717) is 19.2 Å². The molecular formula is C12H22N2O2. The molecule has 4 nitrogen and oxygen atoms in total. The number of nitrogens with zero attached hydrogens (tertiary/aromatic N) is 1. The summed E-state index contributed by atoms with van der Waals surface area (Å²) >= 11 is 0. The molecule has 0 aliphatic carbocycles. The van der Waals surface area contributed by atoms with Crippen molar-refractivity contribution in [3.63, 3.8) is 0 Å². The van der Waals surface area contributed by atoms with E-state index in [0.717, 1.165) is 12.3 Å². The van der Waals surface area contributed by atoms with Gasteiger partial charge in [0.2, 0.25) is 0 Å². The van der Waals surface area contributed by atoms with Gasteiger partial charge in [0, 0.05) is 19.7 Å². The third-order valence-electron chi connectivity index (χ3n) is 2.83. The second-order valence-electron chi connectivity index (χ2n) is 3.90. The molecule has 0 amide bonds. The fourth-order valence-electron chi connectivity index (χ4n) is 2.07. The van der Waals surface area contributed by atoms with Crippen LogP contribution < -0.4 is 5.73 Å². The predicted molar refractivity (Wildman–Crippen MR) is 64.2 cm³/mol. The lowest BCUT2D eigenvalue weighted by atomic mass is 10.1. The Bertz CT molecular complexity index is 275. The van der Waals surface area contributed by atoms with Crippen molar-refractivity contribution in [1.82, 2.24) is 4.90 Å². The van der Waals surface area contributed by atoms with Crippen molar-refractivity contribution in [1.29, 1.82) is 0 Å². The lowest BCUT2D eigenvalue weighted by Crippen LogP contribution is -2.41. The topological polar surface area (TPSA) is 51.6 Å². The maximum Gasteiger partial charge on any atom is 0.122 e. The highest BCUT2D eigenvalue weighted by molar-refractivity contribution is 5.05. The van der Waals surface area contributed by atoms with E-state index >= 15 is 0 Å². The third kappa shape index (κ3) is 3.07. The number of nitrogens with two attached hydrogens (primary N) is 1. The van der Waals surface area contributed by atoms with Crippen LogP contribution in [0.5, 0.6) is 0 Å². The molecule has 2 unspecified atom stereocenters. The van der Waals surface area contributed by atoms with Crippen LogP contribution in [0.4, 0.5) is 0 Å². The van der Waals surface area contributed by atoms with Gasteiger partial charge in [-0.2, -0.15) is 0 Å². The minimum absolute atomic E-state index is 0.130. The molecule has 92 valence electrons. The first-order valence-corrected chi connectivity index (χ1v) is 5.72. The predicted octanol–water partition coefficient (Wildman–Crippen LogP) is 1.64. The molecule has 0 spiro atoms. The zero-order valence-corrected chi connectivity index (χ0v) is 10.3. The van der Waals surface area contributed by atoms with Crippen LogP contribution in [0.1, 0.15) is 25.6 Å². The second kappa shape index (κ2) is 6.68. The Kier molecular flexibility index (Phi) is 5.52. The first-order valence-electron chi connectivity index (χ1n) is 5.72. The molecule has 0 radical (unpaired) electrons. The van der Waals surface area contributed by atoms with Gasteiger partial charge in [0.15, 0.2) is 0 Å². The van der Waals surface area contributed by atoms with Crippen molar-refractivity contribution < 1.29 is 9.15 Å². The van der Waals surface area contributed by atoms with Crippen molar-refractivity contribution in [3.05, 3.63) is 24.2 Å². The van der Waals surface area contributed by atoms with E-state index in [1.54, 1.807) is 13.4 Å². The van der Waals surface area contributed by atoms with Crippen LogP contribution in [-0.2, 0) is 4.74 Å². The van der Waals surface area contributed by atoms with Gasteiger partial charge in [-0.05, 0) is 25.6 Å². The average molecular weight is 226 g/mol. The lowest BCUT2D eigenvalue weighted by molar-refractivity contribution is 0.0680. The van der Waals surface area contributed by atoms with E-state index < -0.39 is 0 Å². The van der Waals surface area contributed by atoms with E-state index in [4.69, 9.17) is 14.9 Å². The Labute approximate surface area is 97.4 Å². The van der Waals surface area contributed by atoms with E-state index in [1.165, 1.54) is 0 Å². The quantitative estimate of drug-likeness (QED) is 0.768. The molecule has 0 aliphatic rings. The van der Waals surface area contributed by atoms with E-state index in [9.17, 15) is 0 Å². The minimum atomic E-state index is 0.130. The fourth-order valence-corrected chi connectivity index (χ4v) is 2.07. The molecule has 0 aliphatic heterocycles. The van der Waals surface area contributed by atoms with Gasteiger partial charge in [-0.15, -0.1) is 0 Å². The fraction of sp³-hybridized carbons (Fsp3) is 0.667. The summed E-state index contributed by atoms with van der Waals surface area (Å²) in [5.74, 6) is 0.923. The van der Waals surface area contributed by atoms with Crippen LogP contribution in [0.2, 0.25) is 0 Å². The van der Waals surface area contributed by atoms with Crippen LogP contribution in [0.3, 0.4) is 0 Å². The molecule has 0 saturated carbocycles. The van der Waals surface area contributed by atoms with Gasteiger partial charge < -0.3 is 14.9 Å². The molecule has 2 N–H and O–H groups in total. The van der Waals surface area contributed by atoms with E-state index in [2.05, 4.69) is 18.7 Å². The number of hydrogen-bond acceptors (Lipinski definition) is 4. The van der Waals surface area contributed by atoms with E-state index in [1.807, 2.05) is 12.1 Å². The molecule has 0 aromatic carbocycles. The molecule has 1 heterocycles. The summed E-state index contributed by atoms with van der Waals surface area (Å²) in [6, 6.07) is 4.32. The van der Waals surface area contributed by atoms with Gasteiger partial charge in [-0.1, -0.05) is 6.92 Å². The summed E-state index contributed by atoms with van der Waals surface area (Å²) in [4.78, 5) is 2.29. The highest BCUT2D eigenvalue weighted by Crippen LogP contribution is 2.22. The average Bonchev–Trinajstić information content (AvgIpc) is 2.79. The normalized spacial score (nSPS) is 15.3. The zero-order chi connectivity index (χ0) is 12.0. The molecule has 0 saturated heterocycles. The molecule has 1 aromatic heterocycles. The van der Waals surface area contributed by atoms with Gasteiger partial charge in [-0.3, -0.25) is 4.90 Å². The first kappa shape index (κ1) is 13.2. The van der Waals surface area contributed by atoms with Gasteiger partial charge >= 0.3 is 0 Å². The summed E-state index contributed by atoms with van der Waals surface area (Å²) in [6.07, 6.45) is 1.69. The van der Waals surface area contributed by atoms with Crippen LogP contribution in [0.15, 0.2) is 22.8 Å². The van der Waals surface area contributed by atoms with Gasteiger partial charge in [0.05, 0.1) is 18.9 Å². The van der Waals surface area contributed by atoms with E-state index in [-0.39, 0.29) is 6.04 Å². The zero-order valence-electron chi connectivity index (χ0n) is 10.3. The summed E-state index contributed by atoms with van der Waals surface area (Å²) in [7, 11) is 1.72. The Morgan fingerprint density at radius 3 is 2.75 bits per heavy atom. The number of likely N-dealkylation sites (N-methyl/N-ethyl adjacent to an activating group) is 1. The van der Waals surface area contributed by atoms with Gasteiger partial charge in [0.25, 0.3) is 0 Å². The number of hydrogen-bond donors (Lipinski definition) is 1. The van der Waals surface area contributed by atoms with Gasteiger partial charge in [-0.25, -0.2) is 0 Å². The van der Waals surface area contributed by atoms with Crippen LogP contribution in [-0.4, -0.2) is 37.7 Å². The number of furan rings is 1. The monoisotopic (exact) mass is 226 g/mol. The molecule has 1 rings (SSSR count). The summed E-state index contributed by atoms with van der Waals surface area (Å²) in [5, 5.41) is 0. The highest BCUT2D eigenvalue weighted by Gasteiger charge is 2.24. The second-order valence-corrected chi connectivity index (χ2v) is 3.90. The summed E-state index contributed by atoms with van der Waals surface area (Å²) in [6.45, 7) is 6.43. The summed E-state index contributed by atoms with van der Waals surface area (Å²) < 4.78 is 10.6. The third-order valence-corrected chi connectivity index (χ3v) is 2.83. The smallest absolute Gasteiger partial charge is 0.122 e. The van der Waals surface area contributed by atoms with Crippen molar-refractivity contribution in [3.8, 4) is 0 Å². The number of rotatable bonds is 7. The van der Waals surface area contributed by atoms with Crippen molar-refractivity contribution in [2.45, 2.75) is 25.9 Å². The molecule has 0 fully saturated rings. The van der Waals surface area contributed by atoms with Gasteiger partial charge in [0.1, 0.15) is 5.76 Å². The van der Waals surface area contributed by atoms with Crippen molar-refractivity contribution in [2.24, 2.45) is 5.73 Å². The molecule has 4 heteroatoms. The summed E-state index contributed by atoms with van der Waals surface area (Å²) in [5.41, 5.74) is 5.83. The molecule has 0 bridgehead atoms. The maximum atomic E-state index is 5.83. The molecule has 2 atom stereocenters. The Hall–Kier alpha value is -0.840. The van der Waals surface area contributed by atoms with Crippen LogP contribution in [0.25, 0.3) is 0 Å². The standard InChI is InChI=1S/C12H22N2O2/c1-4-14(10(2)9-15-3)11(8-13)12-6-5-7-16-12/h5-7,10-11H,4,8-9,13H2,1-3H3. The molecule has 16 heavy (non-hydrogen) atoms. The number of methoxy groups -OCH3 is 1. The van der Waals surface area contributed by atoms with Crippen LogP contribution >= 0.6 is 0 Å². The Balaban J connectivity index is 2.76. The molecular weight excluding hydrogens is 204 g/mol. The number of ether oxygens (including phenoxy) is 1. The Morgan fingerprint density at radius 2 is 2.31 bits per heavy atom.